The summed E-state index contributed by atoms with van der Waals surface area (Å²) in [6.07, 6.45) is 1.02. The molecule has 0 aromatic heterocycles. The molecule has 1 aromatic rings. The Hall–Kier alpha value is -0.830. The molecule has 0 spiro atoms. The second-order valence-corrected chi connectivity index (χ2v) is 7.86. The zero-order valence-corrected chi connectivity index (χ0v) is 16.6. The van der Waals surface area contributed by atoms with Gasteiger partial charge in [-0.2, -0.15) is 0 Å². The molecule has 1 N–H and O–H groups in total. The van der Waals surface area contributed by atoms with Gasteiger partial charge in [0.1, 0.15) is 4.90 Å². The molecule has 1 aromatic carbocycles. The number of nitrogens with one attached hydrogen (secondary N) is 1. The Kier molecular flexibility index (Phi) is 7.79. The average molecular weight is 409 g/mol. The number of nitrogens with zero attached hydrogens (tertiary/aromatic N) is 1. The van der Waals surface area contributed by atoms with E-state index in [0.717, 1.165) is 6.42 Å². The molecule has 0 bridgehead atoms. The third kappa shape index (κ3) is 5.34. The van der Waals surface area contributed by atoms with Crippen LogP contribution in [0, 0.1) is 0 Å². The van der Waals surface area contributed by atoms with Crippen molar-refractivity contribution in [2.45, 2.75) is 31.2 Å². The van der Waals surface area contributed by atoms with Crippen LogP contribution >= 0.6 is 15.9 Å². The molecule has 132 valence electrons. The van der Waals surface area contributed by atoms with Crippen LogP contribution in [0.2, 0.25) is 0 Å². The normalized spacial score (nSPS) is 13.2. The van der Waals surface area contributed by atoms with Crippen LogP contribution in [-0.4, -0.2) is 53.7 Å². The van der Waals surface area contributed by atoms with Crippen LogP contribution in [0.5, 0.6) is 11.5 Å². The van der Waals surface area contributed by atoms with E-state index in [1.807, 2.05) is 7.05 Å². The number of sulfonamides is 1. The molecule has 1 rings (SSSR count). The van der Waals surface area contributed by atoms with Crippen molar-refractivity contribution >= 4 is 26.0 Å². The van der Waals surface area contributed by atoms with Gasteiger partial charge in [-0.25, -0.2) is 13.1 Å². The molecule has 0 saturated carbocycles. The van der Waals surface area contributed by atoms with Crippen LogP contribution < -0.4 is 14.2 Å². The molecular weight excluding hydrogens is 384 g/mol. The van der Waals surface area contributed by atoms with E-state index in [1.165, 1.54) is 20.3 Å². The fourth-order valence-electron chi connectivity index (χ4n) is 2.01. The van der Waals surface area contributed by atoms with Crippen molar-refractivity contribution in [2.24, 2.45) is 0 Å². The molecule has 0 heterocycles. The summed E-state index contributed by atoms with van der Waals surface area (Å²) in [5.74, 6) is 0.836. The largest absolute Gasteiger partial charge is 0.493 e. The minimum absolute atomic E-state index is 0.126. The van der Waals surface area contributed by atoms with E-state index in [1.54, 1.807) is 6.07 Å². The Morgan fingerprint density at radius 2 is 1.83 bits per heavy atom. The lowest BCUT2D eigenvalue weighted by atomic mass is 10.2. The third-order valence-corrected chi connectivity index (χ3v) is 6.25. The van der Waals surface area contributed by atoms with Gasteiger partial charge in [0.25, 0.3) is 0 Å². The highest BCUT2D eigenvalue weighted by Crippen LogP contribution is 2.35. The minimum Gasteiger partial charge on any atom is -0.493 e. The van der Waals surface area contributed by atoms with Gasteiger partial charge in [0, 0.05) is 29.7 Å². The quantitative estimate of drug-likeness (QED) is 0.679. The maximum atomic E-state index is 12.5. The SMILES string of the molecule is CCC(C)N(C)CCNS(=O)(=O)c1cc(OC)c(OC)cc1Br. The molecule has 23 heavy (non-hydrogen) atoms. The predicted octanol–water partition coefficient (Wildman–Crippen LogP) is 2.47. The van der Waals surface area contributed by atoms with Gasteiger partial charge in [0.2, 0.25) is 10.0 Å². The van der Waals surface area contributed by atoms with Gasteiger partial charge < -0.3 is 14.4 Å². The smallest absolute Gasteiger partial charge is 0.241 e. The van der Waals surface area contributed by atoms with Crippen molar-refractivity contribution in [3.63, 3.8) is 0 Å². The summed E-state index contributed by atoms with van der Waals surface area (Å²) < 4.78 is 38.3. The first kappa shape index (κ1) is 20.2. The molecule has 0 amide bonds. The third-order valence-electron chi connectivity index (χ3n) is 3.83. The molecule has 0 saturated heterocycles. The van der Waals surface area contributed by atoms with E-state index < -0.39 is 10.0 Å². The molecule has 0 aliphatic rings. The van der Waals surface area contributed by atoms with Gasteiger partial charge in [-0.3, -0.25) is 0 Å². The van der Waals surface area contributed by atoms with E-state index in [-0.39, 0.29) is 4.90 Å². The molecule has 1 atom stereocenters. The highest BCUT2D eigenvalue weighted by molar-refractivity contribution is 9.10. The van der Waals surface area contributed by atoms with Crippen LogP contribution in [0.3, 0.4) is 0 Å². The first-order chi connectivity index (χ1) is 10.8. The molecule has 0 radical (unpaired) electrons. The van der Waals surface area contributed by atoms with Gasteiger partial charge in [-0.1, -0.05) is 6.92 Å². The number of benzene rings is 1. The van der Waals surface area contributed by atoms with E-state index in [9.17, 15) is 8.42 Å². The zero-order valence-electron chi connectivity index (χ0n) is 14.2. The molecule has 1 unspecified atom stereocenters. The van der Waals surface area contributed by atoms with Crippen LogP contribution in [0.4, 0.5) is 0 Å². The second-order valence-electron chi connectivity index (χ2n) is 5.27. The number of ether oxygens (including phenoxy) is 2. The number of methoxy groups -OCH3 is 2. The van der Waals surface area contributed by atoms with Gasteiger partial charge in [0.15, 0.2) is 11.5 Å². The summed E-state index contributed by atoms with van der Waals surface area (Å²) in [6, 6.07) is 3.44. The number of hydrogen-bond donors (Lipinski definition) is 1. The Bertz CT molecular complexity index is 622. The van der Waals surface area contributed by atoms with Crippen molar-refractivity contribution in [2.75, 3.05) is 34.4 Å². The van der Waals surface area contributed by atoms with Crippen molar-refractivity contribution in [3.8, 4) is 11.5 Å². The lowest BCUT2D eigenvalue weighted by molar-refractivity contribution is 0.256. The Labute approximate surface area is 147 Å². The first-order valence-electron chi connectivity index (χ1n) is 7.38. The fraction of sp³-hybridized carbons (Fsp3) is 0.600. The van der Waals surface area contributed by atoms with Gasteiger partial charge in [-0.05, 0) is 42.4 Å². The standard InChI is InChI=1S/C15H25BrN2O4S/c1-6-11(2)18(3)8-7-17-23(19,20)15-10-14(22-5)13(21-4)9-12(15)16/h9-11,17H,6-8H2,1-5H3. The summed E-state index contributed by atoms with van der Waals surface area (Å²) in [4.78, 5) is 2.24. The molecule has 6 nitrogen and oxygen atoms in total. The lowest BCUT2D eigenvalue weighted by Crippen LogP contribution is -2.37. The van der Waals surface area contributed by atoms with E-state index in [0.29, 0.717) is 35.1 Å². The summed E-state index contributed by atoms with van der Waals surface area (Å²) in [6.45, 7) is 5.19. The summed E-state index contributed by atoms with van der Waals surface area (Å²) in [5.41, 5.74) is 0. The van der Waals surface area contributed by atoms with Gasteiger partial charge in [0.05, 0.1) is 14.2 Å². The van der Waals surface area contributed by atoms with Crippen LogP contribution in [0.1, 0.15) is 20.3 Å². The minimum atomic E-state index is -3.64. The highest BCUT2D eigenvalue weighted by atomic mass is 79.9. The predicted molar refractivity (Wildman–Crippen MR) is 94.8 cm³/mol. The molecular formula is C15H25BrN2O4S. The fourth-order valence-corrected chi connectivity index (χ4v) is 4.06. The maximum Gasteiger partial charge on any atom is 0.241 e. The van der Waals surface area contributed by atoms with Crippen LogP contribution in [0.15, 0.2) is 21.5 Å². The van der Waals surface area contributed by atoms with Crippen LogP contribution in [-0.2, 0) is 10.0 Å². The molecule has 8 heteroatoms. The van der Waals surface area contributed by atoms with E-state index in [2.05, 4.69) is 39.4 Å². The average Bonchev–Trinajstić information content (AvgIpc) is 2.52. The second kappa shape index (κ2) is 8.86. The summed E-state index contributed by atoms with van der Waals surface area (Å²) in [7, 11) is 1.32. The number of likely N-dealkylation sites (N-methyl/N-ethyl adjacent to an activating group) is 1. The molecule has 0 aliphatic heterocycles. The van der Waals surface area contributed by atoms with Crippen LogP contribution in [0.25, 0.3) is 0 Å². The number of rotatable bonds is 9. The maximum absolute atomic E-state index is 12.5. The summed E-state index contributed by atoms with van der Waals surface area (Å²) in [5, 5.41) is 0. The zero-order chi connectivity index (χ0) is 17.6. The Morgan fingerprint density at radius 3 is 2.35 bits per heavy atom. The van der Waals surface area contributed by atoms with Crippen molar-refractivity contribution in [1.29, 1.82) is 0 Å². The van der Waals surface area contributed by atoms with Gasteiger partial charge >= 0.3 is 0 Å². The van der Waals surface area contributed by atoms with Gasteiger partial charge in [-0.15, -0.1) is 0 Å². The first-order valence-corrected chi connectivity index (χ1v) is 9.65. The van der Waals surface area contributed by atoms with E-state index >= 15 is 0 Å². The van der Waals surface area contributed by atoms with Crippen molar-refractivity contribution in [1.82, 2.24) is 9.62 Å². The number of hydrogen-bond acceptors (Lipinski definition) is 5. The Balaban J connectivity index is 2.88. The lowest BCUT2D eigenvalue weighted by Gasteiger charge is -2.23. The highest BCUT2D eigenvalue weighted by Gasteiger charge is 2.21. The Morgan fingerprint density at radius 1 is 1.26 bits per heavy atom. The monoisotopic (exact) mass is 408 g/mol. The van der Waals surface area contributed by atoms with E-state index in [4.69, 9.17) is 9.47 Å². The summed E-state index contributed by atoms with van der Waals surface area (Å²) >= 11 is 3.28. The molecule has 0 aliphatic carbocycles. The molecule has 0 fully saturated rings. The number of halogens is 1. The van der Waals surface area contributed by atoms with Crippen molar-refractivity contribution < 1.29 is 17.9 Å². The van der Waals surface area contributed by atoms with Crippen molar-refractivity contribution in [3.05, 3.63) is 16.6 Å². The topological polar surface area (TPSA) is 67.9 Å².